The Morgan fingerprint density at radius 3 is 2.69 bits per heavy atom. The summed E-state index contributed by atoms with van der Waals surface area (Å²) < 4.78 is 13.7. The molecule has 0 aliphatic heterocycles. The van der Waals surface area contributed by atoms with Gasteiger partial charge in [0, 0.05) is 23.4 Å². The second kappa shape index (κ2) is 9.25. The smallest absolute Gasteiger partial charge is 0.253 e. The molecular weight excluding hydrogens is 414 g/mol. The van der Waals surface area contributed by atoms with Crippen LogP contribution in [0, 0.1) is 6.92 Å². The van der Waals surface area contributed by atoms with Gasteiger partial charge in [-0.3, -0.25) is 14.2 Å². The van der Waals surface area contributed by atoms with Gasteiger partial charge in [0.25, 0.3) is 5.56 Å². The highest BCUT2D eigenvalue weighted by Crippen LogP contribution is 2.21. The number of carbonyl (C=O) groups is 1. The summed E-state index contributed by atoms with van der Waals surface area (Å²) in [5.74, 6) is 1.36. The van der Waals surface area contributed by atoms with E-state index >= 15 is 0 Å². The molecule has 0 spiro atoms. The molecule has 1 amide bonds. The Bertz CT molecular complexity index is 1300. The van der Waals surface area contributed by atoms with Crippen LogP contribution in [0.1, 0.15) is 5.69 Å². The molecule has 0 fully saturated rings. The number of nitrogens with one attached hydrogen (secondary N) is 1. The molecular formula is C21H21N7O4. The second-order valence-electron chi connectivity index (χ2n) is 6.89. The number of amides is 1. The van der Waals surface area contributed by atoms with Gasteiger partial charge in [0.05, 0.1) is 20.0 Å². The van der Waals surface area contributed by atoms with E-state index in [0.29, 0.717) is 23.0 Å². The second-order valence-corrected chi connectivity index (χ2v) is 6.89. The van der Waals surface area contributed by atoms with Crippen molar-refractivity contribution in [3.8, 4) is 23.0 Å². The Hall–Kier alpha value is -4.28. The van der Waals surface area contributed by atoms with Crippen molar-refractivity contribution in [3.05, 3.63) is 64.8 Å². The lowest BCUT2D eigenvalue weighted by molar-refractivity contribution is -0.121. The first-order valence-electron chi connectivity index (χ1n) is 9.83. The van der Waals surface area contributed by atoms with E-state index in [1.807, 2.05) is 24.3 Å². The first kappa shape index (κ1) is 21.0. The maximum Gasteiger partial charge on any atom is 0.253 e. The molecule has 4 aromatic rings. The van der Waals surface area contributed by atoms with E-state index in [-0.39, 0.29) is 31.2 Å². The molecule has 1 aromatic carbocycles. The van der Waals surface area contributed by atoms with Crippen molar-refractivity contribution in [2.45, 2.75) is 13.5 Å². The van der Waals surface area contributed by atoms with Gasteiger partial charge in [-0.1, -0.05) is 0 Å². The van der Waals surface area contributed by atoms with Gasteiger partial charge in [0.15, 0.2) is 11.5 Å². The standard InChI is InChI=1S/C21H21N7O4/c1-14-11-20(30)27(13-23-14)12-18(29)22-9-10-32-19-8-7-17-24-25-21(28(17)26-19)15-3-5-16(31-2)6-4-15/h3-8,11,13H,9-10,12H2,1-2H3,(H,22,29). The largest absolute Gasteiger partial charge is 0.497 e. The highest BCUT2D eigenvalue weighted by atomic mass is 16.5. The number of rotatable bonds is 8. The van der Waals surface area contributed by atoms with Crippen LogP contribution in [0.5, 0.6) is 11.6 Å². The zero-order valence-corrected chi connectivity index (χ0v) is 17.6. The van der Waals surface area contributed by atoms with E-state index in [1.54, 1.807) is 30.7 Å². The number of hydrogen-bond donors (Lipinski definition) is 1. The molecule has 3 heterocycles. The Balaban J connectivity index is 1.35. The third-order valence-electron chi connectivity index (χ3n) is 4.59. The molecule has 0 aliphatic rings. The topological polar surface area (TPSA) is 126 Å². The Morgan fingerprint density at radius 1 is 1.12 bits per heavy atom. The number of aromatic nitrogens is 6. The number of benzene rings is 1. The van der Waals surface area contributed by atoms with Crippen LogP contribution >= 0.6 is 0 Å². The zero-order valence-electron chi connectivity index (χ0n) is 17.6. The monoisotopic (exact) mass is 435 g/mol. The van der Waals surface area contributed by atoms with Crippen LogP contribution in [0.25, 0.3) is 17.0 Å². The predicted octanol–water partition coefficient (Wildman–Crippen LogP) is 0.860. The van der Waals surface area contributed by atoms with Gasteiger partial charge in [0.1, 0.15) is 18.9 Å². The number of fused-ring (bicyclic) bond motifs is 1. The number of hydrogen-bond acceptors (Lipinski definition) is 8. The Kier molecular flexibility index (Phi) is 6.06. The normalized spacial score (nSPS) is 10.8. The zero-order chi connectivity index (χ0) is 22.5. The van der Waals surface area contributed by atoms with E-state index in [9.17, 15) is 9.59 Å². The summed E-state index contributed by atoms with van der Waals surface area (Å²) in [6, 6.07) is 12.2. The molecule has 0 atom stereocenters. The molecule has 0 bridgehead atoms. The summed E-state index contributed by atoms with van der Waals surface area (Å²) in [6.45, 7) is 2.06. The van der Waals surface area contributed by atoms with Crippen LogP contribution in [-0.2, 0) is 11.3 Å². The van der Waals surface area contributed by atoms with Gasteiger partial charge in [-0.15, -0.1) is 15.3 Å². The fourth-order valence-electron chi connectivity index (χ4n) is 2.96. The molecule has 0 saturated carbocycles. The SMILES string of the molecule is COc1ccc(-c2nnc3ccc(OCCNC(=O)Cn4cnc(C)cc4=O)nn23)cc1. The number of ether oxygens (including phenoxy) is 2. The molecule has 11 heteroatoms. The number of aryl methyl sites for hydroxylation is 1. The minimum atomic E-state index is -0.314. The van der Waals surface area contributed by atoms with E-state index in [4.69, 9.17) is 9.47 Å². The first-order chi connectivity index (χ1) is 15.5. The lowest BCUT2D eigenvalue weighted by atomic mass is 10.2. The lowest BCUT2D eigenvalue weighted by Gasteiger charge is -2.09. The summed E-state index contributed by atoms with van der Waals surface area (Å²) in [5.41, 5.74) is 1.74. The highest BCUT2D eigenvalue weighted by molar-refractivity contribution is 5.75. The van der Waals surface area contributed by atoms with Crippen molar-refractivity contribution in [2.24, 2.45) is 0 Å². The van der Waals surface area contributed by atoms with Crippen molar-refractivity contribution >= 4 is 11.6 Å². The maximum atomic E-state index is 12.0. The number of nitrogens with zero attached hydrogens (tertiary/aromatic N) is 6. The third kappa shape index (κ3) is 4.72. The fourth-order valence-corrected chi connectivity index (χ4v) is 2.96. The highest BCUT2D eigenvalue weighted by Gasteiger charge is 2.11. The van der Waals surface area contributed by atoms with Crippen LogP contribution in [0.15, 0.2) is 53.6 Å². The molecule has 11 nitrogen and oxygen atoms in total. The van der Waals surface area contributed by atoms with Crippen molar-refractivity contribution < 1.29 is 14.3 Å². The van der Waals surface area contributed by atoms with Gasteiger partial charge in [-0.2, -0.15) is 4.52 Å². The van der Waals surface area contributed by atoms with E-state index in [2.05, 4.69) is 25.6 Å². The first-order valence-corrected chi connectivity index (χ1v) is 9.83. The van der Waals surface area contributed by atoms with Gasteiger partial charge >= 0.3 is 0 Å². The summed E-state index contributed by atoms with van der Waals surface area (Å²) in [6.07, 6.45) is 1.35. The van der Waals surface area contributed by atoms with E-state index in [1.165, 1.54) is 17.0 Å². The van der Waals surface area contributed by atoms with E-state index < -0.39 is 0 Å². The molecule has 4 rings (SSSR count). The van der Waals surface area contributed by atoms with Crippen molar-refractivity contribution in [3.63, 3.8) is 0 Å². The van der Waals surface area contributed by atoms with Crippen LogP contribution in [0.2, 0.25) is 0 Å². The molecule has 0 aliphatic carbocycles. The van der Waals surface area contributed by atoms with Crippen LogP contribution in [0.4, 0.5) is 0 Å². The maximum absolute atomic E-state index is 12.0. The van der Waals surface area contributed by atoms with Gasteiger partial charge < -0.3 is 14.8 Å². The molecule has 0 saturated heterocycles. The van der Waals surface area contributed by atoms with Crippen LogP contribution in [-0.4, -0.2) is 55.5 Å². The van der Waals surface area contributed by atoms with Crippen LogP contribution < -0.4 is 20.3 Å². The van der Waals surface area contributed by atoms with Gasteiger partial charge in [-0.05, 0) is 37.3 Å². The van der Waals surface area contributed by atoms with Crippen molar-refractivity contribution in [1.82, 2.24) is 34.7 Å². The van der Waals surface area contributed by atoms with Crippen molar-refractivity contribution in [2.75, 3.05) is 20.3 Å². The molecule has 0 radical (unpaired) electrons. The summed E-state index contributed by atoms with van der Waals surface area (Å²) in [4.78, 5) is 27.9. The molecule has 0 unspecified atom stereocenters. The molecule has 32 heavy (non-hydrogen) atoms. The van der Waals surface area contributed by atoms with Crippen LogP contribution in [0.3, 0.4) is 0 Å². The van der Waals surface area contributed by atoms with Crippen molar-refractivity contribution in [1.29, 1.82) is 0 Å². The number of methoxy groups -OCH3 is 1. The van der Waals surface area contributed by atoms with Gasteiger partial charge in [-0.25, -0.2) is 4.98 Å². The Labute approximate surface area is 182 Å². The fraction of sp³-hybridized carbons (Fsp3) is 0.238. The van der Waals surface area contributed by atoms with E-state index in [0.717, 1.165) is 11.3 Å². The summed E-state index contributed by atoms with van der Waals surface area (Å²) >= 11 is 0. The minimum absolute atomic E-state index is 0.109. The molecule has 3 aromatic heterocycles. The summed E-state index contributed by atoms with van der Waals surface area (Å²) in [7, 11) is 1.61. The average Bonchev–Trinajstić information content (AvgIpc) is 3.22. The third-order valence-corrected chi connectivity index (χ3v) is 4.59. The predicted molar refractivity (Wildman–Crippen MR) is 115 cm³/mol. The Morgan fingerprint density at radius 2 is 1.94 bits per heavy atom. The number of carbonyl (C=O) groups excluding carboxylic acids is 1. The van der Waals surface area contributed by atoms with Gasteiger partial charge in [0.2, 0.25) is 11.8 Å². The average molecular weight is 435 g/mol. The lowest BCUT2D eigenvalue weighted by Crippen LogP contribution is -2.34. The minimum Gasteiger partial charge on any atom is -0.497 e. The molecule has 1 N–H and O–H groups in total. The molecule has 164 valence electrons. The quantitative estimate of drug-likeness (QED) is 0.404. The summed E-state index contributed by atoms with van der Waals surface area (Å²) in [5, 5.41) is 15.5.